The number of guanidine groups is 1. The highest BCUT2D eigenvalue weighted by atomic mass is 32.3. The van der Waals surface area contributed by atoms with Crippen LogP contribution in [0.1, 0.15) is 86.7 Å². The van der Waals surface area contributed by atoms with Crippen LogP contribution in [0.2, 0.25) is 0 Å². The number of carbonyl (C=O) groups excluding carboxylic acids is 9. The zero-order valence-corrected chi connectivity index (χ0v) is 52.5. The predicted octanol–water partition coefficient (Wildman–Crippen LogP) is 1.51. The van der Waals surface area contributed by atoms with Gasteiger partial charge < -0.3 is 86.0 Å². The Labute approximate surface area is 540 Å². The molecule has 0 aliphatic carbocycles. The maximum absolute atomic E-state index is 14.0. The molecule has 32 nitrogen and oxygen atoms in total. The number of aromatic nitrogens is 1. The monoisotopic (exact) mass is 1350 g/mol. The lowest BCUT2D eigenvalue weighted by atomic mass is 9.99. The average molecular weight is 1350 g/mol. The molecule has 0 unspecified atom stereocenters. The molecule has 4 atom stereocenters. The quantitative estimate of drug-likeness (QED) is 0.0170. The van der Waals surface area contributed by atoms with Gasteiger partial charge in [0.05, 0.1) is 63.0 Å². The van der Waals surface area contributed by atoms with E-state index in [9.17, 15) is 79.9 Å². The second-order valence-electron chi connectivity index (χ2n) is 21.1. The van der Waals surface area contributed by atoms with Crippen molar-refractivity contribution in [2.75, 3.05) is 79.0 Å². The normalized spacial score (nSPS) is 17.1. The fourth-order valence-electron chi connectivity index (χ4n) is 8.38. The molecule has 0 spiro atoms. The molecule has 3 aromatic rings. The number of nitrogens with two attached hydrogens (primary N) is 1. The van der Waals surface area contributed by atoms with E-state index in [1.54, 1.807) is 62.4 Å². The Balaban J connectivity index is 1.07. The number of alkyl halides is 3. The molecule has 1 aliphatic heterocycles. The van der Waals surface area contributed by atoms with Crippen molar-refractivity contribution in [2.45, 2.75) is 113 Å². The second-order valence-corrected chi connectivity index (χ2v) is 22.6. The third-order valence-corrected chi connectivity index (χ3v) is 14.2. The number of azo groups is 1. The van der Waals surface area contributed by atoms with Gasteiger partial charge >= 0.3 is 18.1 Å². The molecule has 518 valence electrons. The Kier molecular flexibility index (Phi) is 33.7. The molecule has 0 radical (unpaired) electrons. The minimum Gasteiger partial charge on any atom is -0.494 e. The zero-order valence-electron chi connectivity index (χ0n) is 51.7. The summed E-state index contributed by atoms with van der Waals surface area (Å²) in [5, 5.41) is 39.2. The van der Waals surface area contributed by atoms with E-state index in [2.05, 4.69) is 62.7 Å². The van der Waals surface area contributed by atoms with Gasteiger partial charge in [-0.1, -0.05) is 44.2 Å². The summed E-state index contributed by atoms with van der Waals surface area (Å²) in [6, 6.07) is 9.58. The Morgan fingerprint density at radius 2 is 1.31 bits per heavy atom. The van der Waals surface area contributed by atoms with Crippen LogP contribution in [0, 0.1) is 5.92 Å². The van der Waals surface area contributed by atoms with Crippen LogP contribution in [0.5, 0.6) is 5.75 Å². The number of benzene rings is 2. The van der Waals surface area contributed by atoms with Crippen LogP contribution in [0.4, 0.5) is 19.0 Å². The van der Waals surface area contributed by atoms with Crippen molar-refractivity contribution >= 4 is 81.8 Å². The van der Waals surface area contributed by atoms with Gasteiger partial charge in [0.15, 0.2) is 11.8 Å². The van der Waals surface area contributed by atoms with Gasteiger partial charge in [0.1, 0.15) is 40.8 Å². The van der Waals surface area contributed by atoms with Gasteiger partial charge in [-0.2, -0.15) is 18.3 Å². The summed E-state index contributed by atoms with van der Waals surface area (Å²) in [4.78, 5) is 135. The highest BCUT2D eigenvalue weighted by molar-refractivity contribution is 8.19. The summed E-state index contributed by atoms with van der Waals surface area (Å²) >= 11 is 0. The van der Waals surface area contributed by atoms with Crippen molar-refractivity contribution in [1.82, 2.24) is 52.8 Å². The molecule has 2 aromatic carbocycles. The fraction of sp³-hybridized carbons (Fsp3) is 0.517. The molecular weight excluding hydrogens is 1270 g/mol. The van der Waals surface area contributed by atoms with Crippen molar-refractivity contribution in [3.63, 3.8) is 0 Å². The summed E-state index contributed by atoms with van der Waals surface area (Å²) in [5.74, 6) is -10.5. The van der Waals surface area contributed by atoms with Crippen molar-refractivity contribution in [1.29, 1.82) is 0 Å². The standard InChI is InChI=1S/C58H81F3N14O18S/c1-36(2)50-55(85)71-41(10-5-20-66-57(62)74-56(86)58(59,60)61)52(82)68-35-48(78)70-43(32-49(79)80)53(83)72-42(54(84)73-50)31-37-12-15-40(16-13-37)93-26-8-22-64-47(77)19-18-46(76)63-21-6-24-90-27-29-92-30-28-91-25-7-23-65-51(81)39-14-17-45(67-33-39)75-69-34-38-9-3-4-11-44(38)94(87,88)89/h3-4,9,11-17,33,36,41-43,50,87-89H,5-8,10,18-32,34-35H2,1-2H3,(H,63,76)(H,64,77)(H,65,81)(H,68,82)(H,70,78)(H,71,85)(H,72,83)(H,73,84)(H,79,80)(H3,62,66,74,86)/t41-,42+,43-,50-/m0/s1. The van der Waals surface area contributed by atoms with Gasteiger partial charge in [0.25, 0.3) is 5.91 Å². The topological polar surface area (TPSA) is 473 Å². The third-order valence-electron chi connectivity index (χ3n) is 13.2. The lowest BCUT2D eigenvalue weighted by Crippen LogP contribution is -2.59. The SMILES string of the molecule is CC(C)[C@@H]1NC(=O)[C@@H](Cc2ccc(OCCCNC(=O)CCC(=O)NCCCOCCOCCOCCCNC(=O)c3ccc(N=NCc4ccccc4S(O)(O)O)nc3)cc2)NC(=O)[C@H](CC(=O)O)NC(=O)CNC(=O)[C@H](CCCN=C(N)NC(=O)C(F)(F)F)NC1=O. The summed E-state index contributed by atoms with van der Waals surface area (Å²) in [7, 11) is -3.91. The highest BCUT2D eigenvalue weighted by Crippen LogP contribution is 2.45. The molecule has 36 heteroatoms. The zero-order chi connectivity index (χ0) is 69.1. The van der Waals surface area contributed by atoms with E-state index in [0.717, 1.165) is 0 Å². The van der Waals surface area contributed by atoms with E-state index in [-0.39, 0.29) is 86.8 Å². The van der Waals surface area contributed by atoms with Crippen LogP contribution in [0.15, 0.2) is 87.0 Å². The molecule has 2 heterocycles. The number of amides is 9. The summed E-state index contributed by atoms with van der Waals surface area (Å²) in [5.41, 5.74) is 6.54. The van der Waals surface area contributed by atoms with Crippen LogP contribution in [-0.4, -0.2) is 198 Å². The first-order valence-corrected chi connectivity index (χ1v) is 31.3. The molecule has 9 amide bonds. The third kappa shape index (κ3) is 30.7. The first-order valence-electron chi connectivity index (χ1n) is 29.8. The average Bonchev–Trinajstić information content (AvgIpc) is 1.07. The number of carboxylic acid groups (broad SMARTS) is 1. The molecule has 0 saturated carbocycles. The predicted molar refractivity (Wildman–Crippen MR) is 330 cm³/mol. The van der Waals surface area contributed by atoms with Crippen LogP contribution in [0.3, 0.4) is 0 Å². The first kappa shape index (κ1) is 77.5. The van der Waals surface area contributed by atoms with Crippen molar-refractivity contribution < 1.29 is 98.8 Å². The molecule has 4 rings (SSSR count). The number of hydrogen-bond acceptors (Lipinski definition) is 21. The number of aliphatic carboxylic acids is 1. The molecular formula is C58H81F3N14O18S. The number of carboxylic acids is 1. The molecule has 15 N–H and O–H groups in total. The van der Waals surface area contributed by atoms with Gasteiger partial charge in [-0.05, 0) is 79.5 Å². The smallest absolute Gasteiger partial charge is 0.471 e. The van der Waals surface area contributed by atoms with Gasteiger partial charge in [-0.15, -0.1) is 5.11 Å². The number of rotatable bonds is 36. The Hall–Kier alpha value is -8.94. The lowest BCUT2D eigenvalue weighted by Gasteiger charge is -2.27. The molecule has 1 aliphatic rings. The van der Waals surface area contributed by atoms with Gasteiger partial charge in [0, 0.05) is 64.9 Å². The molecule has 0 bridgehead atoms. The van der Waals surface area contributed by atoms with Crippen LogP contribution in [0.25, 0.3) is 0 Å². The fourth-order valence-corrected chi connectivity index (χ4v) is 9.13. The largest absolute Gasteiger partial charge is 0.494 e. The van der Waals surface area contributed by atoms with E-state index in [0.29, 0.717) is 94.4 Å². The number of nitrogens with zero attached hydrogens (tertiary/aromatic N) is 4. The summed E-state index contributed by atoms with van der Waals surface area (Å²) < 4.78 is 89.0. The van der Waals surface area contributed by atoms with E-state index in [1.807, 2.05) is 0 Å². The molecule has 1 aromatic heterocycles. The second kappa shape index (κ2) is 40.9. The van der Waals surface area contributed by atoms with Crippen LogP contribution in [-0.2, 0) is 70.3 Å². The van der Waals surface area contributed by atoms with Gasteiger partial charge in [-0.3, -0.25) is 58.3 Å². The molecule has 94 heavy (non-hydrogen) atoms. The summed E-state index contributed by atoms with van der Waals surface area (Å²) in [6.07, 6.45) is -3.96. The van der Waals surface area contributed by atoms with Crippen LogP contribution >= 0.6 is 10.9 Å². The Morgan fingerprint density at radius 3 is 1.90 bits per heavy atom. The van der Waals surface area contributed by atoms with E-state index in [4.69, 9.17) is 24.7 Å². The van der Waals surface area contributed by atoms with Crippen molar-refractivity contribution in [3.8, 4) is 5.75 Å². The maximum Gasteiger partial charge on any atom is 0.471 e. The number of pyridine rings is 1. The van der Waals surface area contributed by atoms with Crippen molar-refractivity contribution in [3.05, 3.63) is 83.6 Å². The van der Waals surface area contributed by atoms with Gasteiger partial charge in [0.2, 0.25) is 41.4 Å². The number of halogens is 3. The minimum absolute atomic E-state index is 0.0284. The number of carbonyl (C=O) groups is 10. The molecule has 1 saturated heterocycles. The number of ether oxygens (including phenoxy) is 4. The molecule has 1 fully saturated rings. The highest BCUT2D eigenvalue weighted by Gasteiger charge is 2.39. The number of aliphatic imine (C=N–C) groups is 1. The lowest BCUT2D eigenvalue weighted by molar-refractivity contribution is -0.171. The summed E-state index contributed by atoms with van der Waals surface area (Å²) in [6.45, 7) is 5.22. The Morgan fingerprint density at radius 1 is 0.713 bits per heavy atom. The van der Waals surface area contributed by atoms with E-state index < -0.39 is 107 Å². The maximum atomic E-state index is 14.0. The van der Waals surface area contributed by atoms with E-state index in [1.165, 1.54) is 23.6 Å². The first-order chi connectivity index (χ1) is 44.7. The number of nitrogens with one attached hydrogen (secondary N) is 9. The van der Waals surface area contributed by atoms with Crippen molar-refractivity contribution in [2.24, 2.45) is 26.9 Å². The number of hydrogen-bond donors (Lipinski definition) is 14. The Bertz CT molecular complexity index is 3050. The van der Waals surface area contributed by atoms with Gasteiger partial charge in [-0.25, -0.2) is 4.98 Å². The minimum atomic E-state index is -5.24. The van der Waals surface area contributed by atoms with Crippen LogP contribution < -0.4 is 58.3 Å². The van der Waals surface area contributed by atoms with E-state index >= 15 is 0 Å².